The van der Waals surface area contributed by atoms with Gasteiger partial charge in [0, 0.05) is 18.7 Å². The number of hydrogen-bond acceptors (Lipinski definition) is 5. The molecular weight excluding hydrogens is 294 g/mol. The van der Waals surface area contributed by atoms with Crippen molar-refractivity contribution < 1.29 is 19.7 Å². The Bertz CT molecular complexity index is 657. The van der Waals surface area contributed by atoms with E-state index in [2.05, 4.69) is 5.32 Å². The van der Waals surface area contributed by atoms with Gasteiger partial charge < -0.3 is 25.0 Å². The molecule has 0 saturated carbocycles. The first-order chi connectivity index (χ1) is 11.1. The Kier molecular flexibility index (Phi) is 5.84. The average molecular weight is 317 g/mol. The number of benzene rings is 2. The minimum Gasteiger partial charge on any atom is -0.507 e. The molecule has 0 aliphatic rings. The molecule has 0 fully saturated rings. The predicted molar refractivity (Wildman–Crippen MR) is 89.1 cm³/mol. The molecule has 2 aromatic rings. The summed E-state index contributed by atoms with van der Waals surface area (Å²) in [6.07, 6.45) is -0.679. The Morgan fingerprint density at radius 1 is 1.09 bits per heavy atom. The van der Waals surface area contributed by atoms with E-state index in [0.717, 1.165) is 16.7 Å². The zero-order valence-electron chi connectivity index (χ0n) is 13.7. The third kappa shape index (κ3) is 4.15. The van der Waals surface area contributed by atoms with E-state index in [9.17, 15) is 10.2 Å². The van der Waals surface area contributed by atoms with Crippen LogP contribution >= 0.6 is 0 Å². The number of phenolic OH excluding ortho intramolecular Hbond substituents is 1. The summed E-state index contributed by atoms with van der Waals surface area (Å²) < 4.78 is 10.4. The van der Waals surface area contributed by atoms with Crippen molar-refractivity contribution in [2.75, 3.05) is 20.8 Å². The zero-order valence-corrected chi connectivity index (χ0v) is 13.7. The summed E-state index contributed by atoms with van der Waals surface area (Å²) in [6, 6.07) is 10.9. The first-order valence-electron chi connectivity index (χ1n) is 7.45. The minimum atomic E-state index is -0.679. The number of para-hydroxylation sites is 1. The predicted octanol–water partition coefficient (Wildman–Crippen LogP) is 2.54. The Morgan fingerprint density at radius 2 is 1.83 bits per heavy atom. The molecule has 0 aromatic heterocycles. The second kappa shape index (κ2) is 7.85. The van der Waals surface area contributed by atoms with E-state index in [0.29, 0.717) is 30.3 Å². The number of rotatable bonds is 7. The highest BCUT2D eigenvalue weighted by Crippen LogP contribution is 2.30. The molecule has 23 heavy (non-hydrogen) atoms. The lowest BCUT2D eigenvalue weighted by molar-refractivity contribution is 0.173. The van der Waals surface area contributed by atoms with Crippen LogP contribution < -0.4 is 14.8 Å². The Morgan fingerprint density at radius 3 is 2.52 bits per heavy atom. The van der Waals surface area contributed by atoms with Gasteiger partial charge in [0.05, 0.1) is 20.3 Å². The monoisotopic (exact) mass is 317 g/mol. The van der Waals surface area contributed by atoms with Crippen molar-refractivity contribution in [3.05, 3.63) is 53.1 Å². The fourth-order valence-electron chi connectivity index (χ4n) is 2.38. The van der Waals surface area contributed by atoms with E-state index < -0.39 is 6.10 Å². The molecular formula is C18H23NO4. The van der Waals surface area contributed by atoms with Crippen molar-refractivity contribution in [2.45, 2.75) is 19.6 Å². The molecule has 0 heterocycles. The molecule has 0 aliphatic carbocycles. The van der Waals surface area contributed by atoms with Crippen molar-refractivity contribution >= 4 is 0 Å². The average Bonchev–Trinajstić information content (AvgIpc) is 2.57. The largest absolute Gasteiger partial charge is 0.507 e. The van der Waals surface area contributed by atoms with Gasteiger partial charge in [0.2, 0.25) is 0 Å². The van der Waals surface area contributed by atoms with Crippen molar-refractivity contribution in [3.63, 3.8) is 0 Å². The molecule has 5 nitrogen and oxygen atoms in total. The van der Waals surface area contributed by atoms with Gasteiger partial charge in [0.1, 0.15) is 5.75 Å². The summed E-state index contributed by atoms with van der Waals surface area (Å²) in [5.41, 5.74) is 2.39. The molecule has 0 radical (unpaired) electrons. The maximum absolute atomic E-state index is 10.3. The van der Waals surface area contributed by atoms with Gasteiger partial charge in [-0.15, -0.1) is 0 Å². The van der Waals surface area contributed by atoms with Gasteiger partial charge in [0.15, 0.2) is 11.5 Å². The number of aromatic hydroxyl groups is 1. The highest BCUT2D eigenvalue weighted by Gasteiger charge is 2.12. The Labute approximate surface area is 136 Å². The second-order valence-electron chi connectivity index (χ2n) is 5.34. The number of hydrogen-bond donors (Lipinski definition) is 3. The van der Waals surface area contributed by atoms with Gasteiger partial charge in [-0.1, -0.05) is 24.3 Å². The lowest BCUT2D eigenvalue weighted by atomic mass is 10.1. The van der Waals surface area contributed by atoms with Crippen molar-refractivity contribution in [2.24, 2.45) is 0 Å². The van der Waals surface area contributed by atoms with Crippen molar-refractivity contribution in [1.82, 2.24) is 5.32 Å². The summed E-state index contributed by atoms with van der Waals surface area (Å²) in [6.45, 7) is 2.71. The lowest BCUT2D eigenvalue weighted by Gasteiger charge is -2.15. The highest BCUT2D eigenvalue weighted by molar-refractivity contribution is 5.43. The molecule has 0 amide bonds. The van der Waals surface area contributed by atoms with E-state index in [1.165, 1.54) is 0 Å². The summed E-state index contributed by atoms with van der Waals surface area (Å²) in [5, 5.41) is 23.4. The smallest absolute Gasteiger partial charge is 0.161 e. The minimum absolute atomic E-state index is 0.292. The quantitative estimate of drug-likeness (QED) is 0.732. The van der Waals surface area contributed by atoms with Gasteiger partial charge in [-0.3, -0.25) is 0 Å². The van der Waals surface area contributed by atoms with Gasteiger partial charge in [0.25, 0.3) is 0 Å². The van der Waals surface area contributed by atoms with Crippen LogP contribution in [0.4, 0.5) is 0 Å². The standard InChI is InChI=1S/C18H23NO4/c1-12-5-4-6-14(18(12)21)10-19-11-15(20)13-7-8-16(22-2)17(9-13)23-3/h4-9,15,19-21H,10-11H2,1-3H3. The maximum atomic E-state index is 10.3. The van der Waals surface area contributed by atoms with Crippen LogP contribution in [0.3, 0.4) is 0 Å². The van der Waals surface area contributed by atoms with Crippen LogP contribution in [0.25, 0.3) is 0 Å². The molecule has 0 bridgehead atoms. The summed E-state index contributed by atoms with van der Waals surface area (Å²) in [5.74, 6) is 1.50. The molecule has 0 saturated heterocycles. The number of phenols is 1. The van der Waals surface area contributed by atoms with Gasteiger partial charge in [-0.25, -0.2) is 0 Å². The Hall–Kier alpha value is -2.24. The van der Waals surface area contributed by atoms with E-state index in [4.69, 9.17) is 9.47 Å². The SMILES string of the molecule is COc1ccc(C(O)CNCc2cccc(C)c2O)cc1OC. The van der Waals surface area contributed by atoms with E-state index in [1.54, 1.807) is 32.4 Å². The van der Waals surface area contributed by atoms with Crippen LogP contribution in [0.1, 0.15) is 22.8 Å². The molecule has 5 heteroatoms. The third-order valence-corrected chi connectivity index (χ3v) is 3.77. The molecule has 3 N–H and O–H groups in total. The lowest BCUT2D eigenvalue weighted by Crippen LogP contribution is -2.21. The molecule has 0 spiro atoms. The van der Waals surface area contributed by atoms with Crippen LogP contribution in [-0.4, -0.2) is 31.0 Å². The van der Waals surface area contributed by atoms with Gasteiger partial charge in [-0.2, -0.15) is 0 Å². The molecule has 1 atom stereocenters. The van der Waals surface area contributed by atoms with Gasteiger partial charge >= 0.3 is 0 Å². The highest BCUT2D eigenvalue weighted by atomic mass is 16.5. The molecule has 1 unspecified atom stereocenters. The number of aryl methyl sites for hydroxylation is 1. The third-order valence-electron chi connectivity index (χ3n) is 3.77. The first kappa shape index (κ1) is 17.1. The molecule has 0 aliphatic heterocycles. The maximum Gasteiger partial charge on any atom is 0.161 e. The second-order valence-corrected chi connectivity index (χ2v) is 5.34. The fourth-order valence-corrected chi connectivity index (χ4v) is 2.38. The van der Waals surface area contributed by atoms with Crippen LogP contribution in [0.15, 0.2) is 36.4 Å². The van der Waals surface area contributed by atoms with E-state index >= 15 is 0 Å². The number of ether oxygens (including phenoxy) is 2. The molecule has 124 valence electrons. The topological polar surface area (TPSA) is 71.0 Å². The van der Waals surface area contributed by atoms with E-state index in [-0.39, 0.29) is 0 Å². The summed E-state index contributed by atoms with van der Waals surface area (Å²) >= 11 is 0. The summed E-state index contributed by atoms with van der Waals surface area (Å²) in [4.78, 5) is 0. The Balaban J connectivity index is 1.97. The molecule has 2 rings (SSSR count). The number of aliphatic hydroxyl groups is 1. The van der Waals surface area contributed by atoms with Crippen LogP contribution in [0, 0.1) is 6.92 Å². The van der Waals surface area contributed by atoms with E-state index in [1.807, 2.05) is 25.1 Å². The van der Waals surface area contributed by atoms with Crippen molar-refractivity contribution in [3.8, 4) is 17.2 Å². The fraction of sp³-hybridized carbons (Fsp3) is 0.333. The molecule has 2 aromatic carbocycles. The van der Waals surface area contributed by atoms with Crippen LogP contribution in [-0.2, 0) is 6.54 Å². The zero-order chi connectivity index (χ0) is 16.8. The van der Waals surface area contributed by atoms with Crippen LogP contribution in [0.5, 0.6) is 17.2 Å². The van der Waals surface area contributed by atoms with Crippen LogP contribution in [0.2, 0.25) is 0 Å². The van der Waals surface area contributed by atoms with Crippen molar-refractivity contribution in [1.29, 1.82) is 0 Å². The van der Waals surface area contributed by atoms with Gasteiger partial charge in [-0.05, 0) is 30.2 Å². The number of aliphatic hydroxyl groups excluding tert-OH is 1. The number of nitrogens with one attached hydrogen (secondary N) is 1. The number of methoxy groups -OCH3 is 2. The summed E-state index contributed by atoms with van der Waals surface area (Å²) in [7, 11) is 3.14. The normalized spacial score (nSPS) is 12.0. The first-order valence-corrected chi connectivity index (χ1v) is 7.45.